The Hall–Kier alpha value is -1.43. The van der Waals surface area contributed by atoms with Gasteiger partial charge in [-0.15, -0.1) is 0 Å². The molecule has 1 N–H and O–H groups in total. The van der Waals surface area contributed by atoms with Crippen LogP contribution in [0.5, 0.6) is 11.5 Å². The Morgan fingerprint density at radius 3 is 2.26 bits per heavy atom. The Bertz CT molecular complexity index is 352. The lowest BCUT2D eigenvalue weighted by Gasteiger charge is -2.09. The van der Waals surface area contributed by atoms with Crippen LogP contribution in [-0.2, 0) is 0 Å². The summed E-state index contributed by atoms with van der Waals surface area (Å²) in [4.78, 5) is 0. The predicted molar refractivity (Wildman–Crippen MR) is 66.6 cm³/mol. The molecule has 1 aromatic rings. The van der Waals surface area contributed by atoms with E-state index in [2.05, 4.69) is 5.32 Å². The molecule has 0 heterocycles. The molecule has 0 radical (unpaired) electrons. The summed E-state index contributed by atoms with van der Waals surface area (Å²) in [6.45, 7) is 1.27. The third-order valence-corrected chi connectivity index (χ3v) is 2.42. The summed E-state index contributed by atoms with van der Waals surface area (Å²) >= 11 is 0. The maximum atomic E-state index is 11.9. The number of ether oxygens (including phenoxy) is 2. The summed E-state index contributed by atoms with van der Waals surface area (Å²) in [6, 6.07) is 7.13. The SMILES string of the molecule is COc1ccc(OCCNCCCC(F)(F)F)cc1. The van der Waals surface area contributed by atoms with E-state index >= 15 is 0 Å². The lowest BCUT2D eigenvalue weighted by Crippen LogP contribution is -2.23. The quantitative estimate of drug-likeness (QED) is 0.741. The summed E-state index contributed by atoms with van der Waals surface area (Å²) in [5, 5.41) is 2.90. The molecular formula is C13H18F3NO2. The van der Waals surface area contributed by atoms with Gasteiger partial charge < -0.3 is 14.8 Å². The van der Waals surface area contributed by atoms with Crippen molar-refractivity contribution < 1.29 is 22.6 Å². The average Bonchev–Trinajstić information content (AvgIpc) is 2.37. The second-order valence-corrected chi connectivity index (χ2v) is 3.99. The molecule has 0 spiro atoms. The van der Waals surface area contributed by atoms with Gasteiger partial charge in [0.05, 0.1) is 7.11 Å². The van der Waals surface area contributed by atoms with E-state index < -0.39 is 12.6 Å². The van der Waals surface area contributed by atoms with Crippen molar-refractivity contribution in [2.24, 2.45) is 0 Å². The van der Waals surface area contributed by atoms with Crippen LogP contribution in [0.3, 0.4) is 0 Å². The molecule has 0 amide bonds. The van der Waals surface area contributed by atoms with Crippen molar-refractivity contribution >= 4 is 0 Å². The van der Waals surface area contributed by atoms with E-state index in [4.69, 9.17) is 9.47 Å². The highest BCUT2D eigenvalue weighted by Gasteiger charge is 2.25. The van der Waals surface area contributed by atoms with Crippen molar-refractivity contribution in [3.63, 3.8) is 0 Å². The van der Waals surface area contributed by atoms with Crippen LogP contribution in [0.1, 0.15) is 12.8 Å². The van der Waals surface area contributed by atoms with Gasteiger partial charge in [-0.2, -0.15) is 13.2 Å². The number of alkyl halides is 3. The Morgan fingerprint density at radius 1 is 1.05 bits per heavy atom. The molecule has 0 atom stereocenters. The molecule has 0 saturated heterocycles. The van der Waals surface area contributed by atoms with Crippen LogP contribution in [0.4, 0.5) is 13.2 Å². The highest BCUT2D eigenvalue weighted by Crippen LogP contribution is 2.20. The highest BCUT2D eigenvalue weighted by molar-refractivity contribution is 5.31. The molecule has 0 unspecified atom stereocenters. The molecule has 1 rings (SSSR count). The van der Waals surface area contributed by atoms with Gasteiger partial charge in [-0.3, -0.25) is 0 Å². The van der Waals surface area contributed by atoms with Gasteiger partial charge in [0.15, 0.2) is 0 Å². The maximum absolute atomic E-state index is 11.9. The van der Waals surface area contributed by atoms with Crippen LogP contribution in [0.15, 0.2) is 24.3 Å². The van der Waals surface area contributed by atoms with Crippen LogP contribution in [-0.4, -0.2) is 33.0 Å². The van der Waals surface area contributed by atoms with Gasteiger partial charge >= 0.3 is 6.18 Å². The molecule has 108 valence electrons. The first-order chi connectivity index (χ1) is 9.01. The first-order valence-corrected chi connectivity index (χ1v) is 6.05. The molecule has 0 aromatic heterocycles. The fraction of sp³-hybridized carbons (Fsp3) is 0.538. The first-order valence-electron chi connectivity index (χ1n) is 6.05. The molecule has 0 bridgehead atoms. The molecule has 0 saturated carbocycles. The molecule has 1 aromatic carbocycles. The second-order valence-electron chi connectivity index (χ2n) is 3.99. The summed E-state index contributed by atoms with van der Waals surface area (Å²) in [5.41, 5.74) is 0. The number of methoxy groups -OCH3 is 1. The zero-order valence-electron chi connectivity index (χ0n) is 10.8. The van der Waals surface area contributed by atoms with E-state index in [1.807, 2.05) is 0 Å². The number of hydrogen-bond acceptors (Lipinski definition) is 3. The Labute approximate surface area is 110 Å². The lowest BCUT2D eigenvalue weighted by atomic mass is 10.3. The number of nitrogens with one attached hydrogen (secondary N) is 1. The third-order valence-electron chi connectivity index (χ3n) is 2.42. The minimum atomic E-state index is -4.07. The van der Waals surface area contributed by atoms with Crippen molar-refractivity contribution in [2.45, 2.75) is 19.0 Å². The highest BCUT2D eigenvalue weighted by atomic mass is 19.4. The molecule has 6 heteroatoms. The Morgan fingerprint density at radius 2 is 1.68 bits per heavy atom. The zero-order valence-corrected chi connectivity index (χ0v) is 10.8. The predicted octanol–water partition coefficient (Wildman–Crippen LogP) is 3.01. The van der Waals surface area contributed by atoms with Gasteiger partial charge in [0.1, 0.15) is 18.1 Å². The average molecular weight is 277 g/mol. The Kier molecular flexibility index (Phi) is 6.49. The molecule has 0 aliphatic carbocycles. The van der Waals surface area contributed by atoms with Crippen LogP contribution in [0.25, 0.3) is 0 Å². The fourth-order valence-corrected chi connectivity index (χ4v) is 1.45. The molecule has 0 aliphatic heterocycles. The van der Waals surface area contributed by atoms with Gasteiger partial charge in [0.25, 0.3) is 0 Å². The second kappa shape index (κ2) is 7.89. The zero-order chi connectivity index (χ0) is 14.1. The van der Waals surface area contributed by atoms with Crippen LogP contribution >= 0.6 is 0 Å². The number of rotatable bonds is 8. The Balaban J connectivity index is 2.04. The van der Waals surface area contributed by atoms with E-state index in [1.165, 1.54) is 0 Å². The van der Waals surface area contributed by atoms with Crippen molar-refractivity contribution in [1.82, 2.24) is 5.32 Å². The largest absolute Gasteiger partial charge is 0.497 e. The van der Waals surface area contributed by atoms with E-state index in [0.717, 1.165) is 5.75 Å². The summed E-state index contributed by atoms with van der Waals surface area (Å²) in [5.74, 6) is 1.45. The summed E-state index contributed by atoms with van der Waals surface area (Å²) in [7, 11) is 1.58. The van der Waals surface area contributed by atoms with Gasteiger partial charge in [-0.05, 0) is 37.2 Å². The van der Waals surface area contributed by atoms with E-state index in [1.54, 1.807) is 31.4 Å². The molecule has 19 heavy (non-hydrogen) atoms. The number of benzene rings is 1. The summed E-state index contributed by atoms with van der Waals surface area (Å²) in [6.07, 6.45) is -4.73. The van der Waals surface area contributed by atoms with Crippen molar-refractivity contribution in [3.05, 3.63) is 24.3 Å². The van der Waals surface area contributed by atoms with Gasteiger partial charge in [-0.1, -0.05) is 0 Å². The minimum absolute atomic E-state index is 0.0893. The van der Waals surface area contributed by atoms with Crippen molar-refractivity contribution in [2.75, 3.05) is 26.8 Å². The van der Waals surface area contributed by atoms with Gasteiger partial charge in [-0.25, -0.2) is 0 Å². The first kappa shape index (κ1) is 15.6. The third kappa shape index (κ3) is 7.56. The van der Waals surface area contributed by atoms with Crippen molar-refractivity contribution in [1.29, 1.82) is 0 Å². The molecule has 0 aliphatic rings. The van der Waals surface area contributed by atoms with Crippen LogP contribution in [0, 0.1) is 0 Å². The normalized spacial score (nSPS) is 11.4. The maximum Gasteiger partial charge on any atom is 0.389 e. The molecular weight excluding hydrogens is 259 g/mol. The topological polar surface area (TPSA) is 30.5 Å². The van der Waals surface area contributed by atoms with Crippen LogP contribution in [0.2, 0.25) is 0 Å². The van der Waals surface area contributed by atoms with E-state index in [-0.39, 0.29) is 6.42 Å². The number of hydrogen-bond donors (Lipinski definition) is 1. The molecule has 3 nitrogen and oxygen atoms in total. The smallest absolute Gasteiger partial charge is 0.389 e. The summed E-state index contributed by atoms with van der Waals surface area (Å²) < 4.78 is 46.0. The lowest BCUT2D eigenvalue weighted by molar-refractivity contribution is -0.135. The van der Waals surface area contributed by atoms with E-state index in [0.29, 0.717) is 25.4 Å². The minimum Gasteiger partial charge on any atom is -0.497 e. The van der Waals surface area contributed by atoms with Crippen molar-refractivity contribution in [3.8, 4) is 11.5 Å². The number of halogens is 3. The van der Waals surface area contributed by atoms with Crippen LogP contribution < -0.4 is 14.8 Å². The standard InChI is InChI=1S/C13H18F3NO2/c1-18-11-3-5-12(6-4-11)19-10-9-17-8-2-7-13(14,15)16/h3-6,17H,2,7-10H2,1H3. The monoisotopic (exact) mass is 277 g/mol. The van der Waals surface area contributed by atoms with E-state index in [9.17, 15) is 13.2 Å². The van der Waals surface area contributed by atoms with Gasteiger partial charge in [0, 0.05) is 13.0 Å². The fourth-order valence-electron chi connectivity index (χ4n) is 1.45. The van der Waals surface area contributed by atoms with Gasteiger partial charge in [0.2, 0.25) is 0 Å². The molecule has 0 fully saturated rings.